The van der Waals surface area contributed by atoms with Crippen molar-refractivity contribution in [2.75, 3.05) is 0 Å². The zero-order chi connectivity index (χ0) is 10.9. The maximum atomic E-state index is 3.71. The van der Waals surface area contributed by atoms with Crippen LogP contribution in [-0.4, -0.2) is 5.54 Å². The molecule has 1 unspecified atom stereocenters. The Hall–Kier alpha value is -0.340. The number of halogens is 1. The summed E-state index contributed by atoms with van der Waals surface area (Å²) in [6, 6.07) is 9.20. The SMILES string of the molecule is CC1(C)CCCC(c2ccc(Br)cc2)N1. The zero-order valence-corrected chi connectivity index (χ0v) is 11.0. The maximum Gasteiger partial charge on any atom is 0.0324 e. The molecule has 15 heavy (non-hydrogen) atoms. The molecule has 0 saturated carbocycles. The Bertz CT molecular complexity index is 329. The van der Waals surface area contributed by atoms with Crippen LogP contribution in [0.25, 0.3) is 0 Å². The minimum atomic E-state index is 0.288. The summed E-state index contributed by atoms with van der Waals surface area (Å²) in [4.78, 5) is 0. The molecule has 1 nitrogen and oxygen atoms in total. The van der Waals surface area contributed by atoms with Crippen LogP contribution in [0.1, 0.15) is 44.7 Å². The van der Waals surface area contributed by atoms with E-state index in [0.717, 1.165) is 4.47 Å². The smallest absolute Gasteiger partial charge is 0.0324 e. The molecule has 2 heteroatoms. The lowest BCUT2D eigenvalue weighted by atomic mass is 9.86. The van der Waals surface area contributed by atoms with Crippen LogP contribution < -0.4 is 5.32 Å². The van der Waals surface area contributed by atoms with E-state index in [1.807, 2.05) is 0 Å². The first-order chi connectivity index (χ1) is 7.07. The molecule has 0 amide bonds. The molecule has 2 rings (SSSR count). The molecule has 0 aliphatic carbocycles. The third-order valence-electron chi connectivity index (χ3n) is 3.13. The lowest BCUT2D eigenvalue weighted by Gasteiger charge is -2.37. The van der Waals surface area contributed by atoms with E-state index in [-0.39, 0.29) is 5.54 Å². The monoisotopic (exact) mass is 267 g/mol. The van der Waals surface area contributed by atoms with Gasteiger partial charge >= 0.3 is 0 Å². The lowest BCUT2D eigenvalue weighted by molar-refractivity contribution is 0.245. The Morgan fingerprint density at radius 3 is 2.53 bits per heavy atom. The van der Waals surface area contributed by atoms with Gasteiger partial charge in [0, 0.05) is 16.1 Å². The molecule has 0 radical (unpaired) electrons. The van der Waals surface area contributed by atoms with E-state index in [1.165, 1.54) is 24.8 Å². The molecule has 0 spiro atoms. The normalized spacial score (nSPS) is 25.1. The highest BCUT2D eigenvalue weighted by Gasteiger charge is 2.27. The van der Waals surface area contributed by atoms with Gasteiger partial charge in [0.15, 0.2) is 0 Å². The molecule has 1 fully saturated rings. The molecule has 1 saturated heterocycles. The Morgan fingerprint density at radius 2 is 1.93 bits per heavy atom. The Morgan fingerprint density at radius 1 is 1.27 bits per heavy atom. The number of piperidine rings is 1. The van der Waals surface area contributed by atoms with Crippen LogP contribution in [0, 0.1) is 0 Å². The van der Waals surface area contributed by atoms with E-state index in [4.69, 9.17) is 0 Å². The third-order valence-corrected chi connectivity index (χ3v) is 3.66. The summed E-state index contributed by atoms with van der Waals surface area (Å²) >= 11 is 3.47. The van der Waals surface area contributed by atoms with Gasteiger partial charge in [0.25, 0.3) is 0 Å². The molecular weight excluding hydrogens is 250 g/mol. The summed E-state index contributed by atoms with van der Waals surface area (Å²) < 4.78 is 1.15. The predicted molar refractivity (Wildman–Crippen MR) is 67.9 cm³/mol. The quantitative estimate of drug-likeness (QED) is 0.810. The maximum absolute atomic E-state index is 3.71. The van der Waals surface area contributed by atoms with E-state index < -0.39 is 0 Å². The Balaban J connectivity index is 2.13. The van der Waals surface area contributed by atoms with Crippen molar-refractivity contribution in [2.45, 2.75) is 44.7 Å². The first kappa shape index (κ1) is 11.2. The van der Waals surface area contributed by atoms with Gasteiger partial charge in [-0.2, -0.15) is 0 Å². The summed E-state index contributed by atoms with van der Waals surface area (Å²) in [5.41, 5.74) is 1.70. The lowest BCUT2D eigenvalue weighted by Crippen LogP contribution is -2.44. The van der Waals surface area contributed by atoms with Gasteiger partial charge in [0.05, 0.1) is 0 Å². The van der Waals surface area contributed by atoms with Gasteiger partial charge in [-0.1, -0.05) is 28.1 Å². The third kappa shape index (κ3) is 2.82. The fraction of sp³-hybridized carbons (Fsp3) is 0.538. The minimum Gasteiger partial charge on any atom is -0.305 e. The molecule has 1 aromatic carbocycles. The Labute approximate surface area is 100 Å². The van der Waals surface area contributed by atoms with Crippen LogP contribution in [0.4, 0.5) is 0 Å². The van der Waals surface area contributed by atoms with Gasteiger partial charge in [0.2, 0.25) is 0 Å². The van der Waals surface area contributed by atoms with Crippen LogP contribution in [0.2, 0.25) is 0 Å². The molecule has 82 valence electrons. The molecule has 1 aromatic rings. The van der Waals surface area contributed by atoms with Gasteiger partial charge in [-0.3, -0.25) is 0 Å². The largest absolute Gasteiger partial charge is 0.305 e. The van der Waals surface area contributed by atoms with Crippen molar-refractivity contribution in [3.63, 3.8) is 0 Å². The number of benzene rings is 1. The highest BCUT2D eigenvalue weighted by Crippen LogP contribution is 2.30. The molecule has 0 bridgehead atoms. The topological polar surface area (TPSA) is 12.0 Å². The summed E-state index contributed by atoms with van der Waals surface area (Å²) in [5.74, 6) is 0. The van der Waals surface area contributed by atoms with Crippen LogP contribution in [0.5, 0.6) is 0 Å². The van der Waals surface area contributed by atoms with Crippen molar-refractivity contribution in [1.82, 2.24) is 5.32 Å². The molecule has 1 heterocycles. The number of hydrogen-bond acceptors (Lipinski definition) is 1. The van der Waals surface area contributed by atoms with Crippen LogP contribution in [0.3, 0.4) is 0 Å². The van der Waals surface area contributed by atoms with Crippen molar-refractivity contribution in [1.29, 1.82) is 0 Å². The van der Waals surface area contributed by atoms with Crippen molar-refractivity contribution in [3.05, 3.63) is 34.3 Å². The van der Waals surface area contributed by atoms with E-state index >= 15 is 0 Å². The van der Waals surface area contributed by atoms with E-state index in [1.54, 1.807) is 0 Å². The molecule has 1 aliphatic heterocycles. The first-order valence-corrected chi connectivity index (χ1v) is 6.39. The summed E-state index contributed by atoms with van der Waals surface area (Å²) in [6.45, 7) is 4.58. The van der Waals surface area contributed by atoms with E-state index in [2.05, 4.69) is 59.4 Å². The van der Waals surface area contributed by atoms with Crippen LogP contribution in [0.15, 0.2) is 28.7 Å². The average molecular weight is 268 g/mol. The van der Waals surface area contributed by atoms with E-state index in [0.29, 0.717) is 6.04 Å². The van der Waals surface area contributed by atoms with E-state index in [9.17, 15) is 0 Å². The molecule has 1 N–H and O–H groups in total. The van der Waals surface area contributed by atoms with Gasteiger partial charge in [-0.05, 0) is 50.8 Å². The number of hydrogen-bond donors (Lipinski definition) is 1. The van der Waals surface area contributed by atoms with Crippen LogP contribution >= 0.6 is 15.9 Å². The van der Waals surface area contributed by atoms with Gasteiger partial charge in [0.1, 0.15) is 0 Å². The predicted octanol–water partition coefficient (Wildman–Crippen LogP) is 4.04. The Kier molecular flexibility index (Phi) is 3.17. The fourth-order valence-electron chi connectivity index (χ4n) is 2.31. The standard InChI is InChI=1S/C13H18BrN/c1-13(2)9-3-4-12(15-13)10-5-7-11(14)8-6-10/h5-8,12,15H,3-4,9H2,1-2H3. The second-order valence-electron chi connectivity index (χ2n) is 5.02. The summed E-state index contributed by atoms with van der Waals surface area (Å²) in [7, 11) is 0. The highest BCUT2D eigenvalue weighted by molar-refractivity contribution is 9.10. The van der Waals surface area contributed by atoms with Crippen molar-refractivity contribution >= 4 is 15.9 Å². The first-order valence-electron chi connectivity index (χ1n) is 5.60. The highest BCUT2D eigenvalue weighted by atomic mass is 79.9. The fourth-order valence-corrected chi connectivity index (χ4v) is 2.57. The second-order valence-corrected chi connectivity index (χ2v) is 5.94. The average Bonchev–Trinajstić information content (AvgIpc) is 2.17. The molecule has 1 aliphatic rings. The minimum absolute atomic E-state index is 0.288. The summed E-state index contributed by atoms with van der Waals surface area (Å²) in [6.07, 6.45) is 3.85. The second kappa shape index (κ2) is 4.26. The van der Waals surface area contributed by atoms with Gasteiger partial charge in [-0.25, -0.2) is 0 Å². The van der Waals surface area contributed by atoms with Crippen molar-refractivity contribution in [3.8, 4) is 0 Å². The molecule has 0 aromatic heterocycles. The van der Waals surface area contributed by atoms with Crippen molar-refractivity contribution < 1.29 is 0 Å². The number of rotatable bonds is 1. The molecular formula is C13H18BrN. The summed E-state index contributed by atoms with van der Waals surface area (Å²) in [5, 5.41) is 3.71. The van der Waals surface area contributed by atoms with Crippen molar-refractivity contribution in [2.24, 2.45) is 0 Å². The number of nitrogens with one attached hydrogen (secondary N) is 1. The zero-order valence-electron chi connectivity index (χ0n) is 9.39. The van der Waals surface area contributed by atoms with Gasteiger partial charge < -0.3 is 5.32 Å². The molecule has 1 atom stereocenters. The van der Waals surface area contributed by atoms with Crippen LogP contribution in [-0.2, 0) is 0 Å². The van der Waals surface area contributed by atoms with Gasteiger partial charge in [-0.15, -0.1) is 0 Å².